The third-order valence-corrected chi connectivity index (χ3v) is 7.77. The molecule has 0 aromatic heterocycles. The first-order valence-corrected chi connectivity index (χ1v) is 11.7. The van der Waals surface area contributed by atoms with Gasteiger partial charge in [-0.3, -0.25) is 24.1 Å². The second kappa shape index (κ2) is 8.25. The summed E-state index contributed by atoms with van der Waals surface area (Å²) in [7, 11) is -1.29. The van der Waals surface area contributed by atoms with Crippen molar-refractivity contribution in [2.24, 2.45) is 0 Å². The van der Waals surface area contributed by atoms with Crippen molar-refractivity contribution in [3.05, 3.63) is 54.1 Å². The van der Waals surface area contributed by atoms with Gasteiger partial charge in [0.05, 0.1) is 23.3 Å². The molecule has 10 nitrogen and oxygen atoms in total. The Bertz CT molecular complexity index is 1230. The maximum Gasteiger partial charge on any atom is 0.264 e. The third kappa shape index (κ3) is 3.77. The van der Waals surface area contributed by atoms with Gasteiger partial charge in [0.2, 0.25) is 11.8 Å². The van der Waals surface area contributed by atoms with Crippen LogP contribution in [0.15, 0.2) is 53.4 Å². The molecule has 33 heavy (non-hydrogen) atoms. The standard InChI is InChI=1S/C22H24N4O6S/c1-22-13-12-20(28)26(22)18-7-5-4-6-17(18)21(29)25(22)14-19(27)23-15-8-10-16(11-9-15)33(30,31)24(2)32-3/h4-11H,12-14H2,1-3H3,(H,23,27). The molecule has 4 rings (SSSR count). The van der Waals surface area contributed by atoms with Gasteiger partial charge in [-0.25, -0.2) is 8.42 Å². The maximum atomic E-state index is 13.2. The van der Waals surface area contributed by atoms with Crippen LogP contribution in [-0.4, -0.2) is 61.9 Å². The second-order valence-corrected chi connectivity index (χ2v) is 9.96. The highest BCUT2D eigenvalue weighted by Crippen LogP contribution is 2.43. The van der Waals surface area contributed by atoms with Crippen LogP contribution in [0.25, 0.3) is 0 Å². The van der Waals surface area contributed by atoms with Gasteiger partial charge in [-0.15, -0.1) is 0 Å². The molecule has 1 N–H and O–H groups in total. The molecule has 1 fully saturated rings. The Morgan fingerprint density at radius 3 is 2.48 bits per heavy atom. The SMILES string of the molecule is CON(C)S(=O)(=O)c1ccc(NC(=O)CN2C(=O)c3ccccc3N3C(=O)CCC23C)cc1. The number of hydroxylamine groups is 1. The average Bonchev–Trinajstić information content (AvgIpc) is 3.11. The van der Waals surface area contributed by atoms with Crippen LogP contribution in [0.5, 0.6) is 0 Å². The van der Waals surface area contributed by atoms with E-state index >= 15 is 0 Å². The van der Waals surface area contributed by atoms with Crippen LogP contribution in [0.3, 0.4) is 0 Å². The summed E-state index contributed by atoms with van der Waals surface area (Å²) in [5, 5.41) is 2.69. The number of rotatable bonds is 6. The number of amides is 3. The molecule has 2 aromatic rings. The summed E-state index contributed by atoms with van der Waals surface area (Å²) in [6.07, 6.45) is 0.695. The molecular formula is C22H24N4O6S. The van der Waals surface area contributed by atoms with Crippen molar-refractivity contribution in [3.63, 3.8) is 0 Å². The van der Waals surface area contributed by atoms with Gasteiger partial charge in [0.25, 0.3) is 15.9 Å². The fraction of sp³-hybridized carbons (Fsp3) is 0.318. The van der Waals surface area contributed by atoms with E-state index in [9.17, 15) is 22.8 Å². The number of carbonyl (C=O) groups is 3. The Morgan fingerprint density at radius 1 is 1.15 bits per heavy atom. The number of anilines is 2. The summed E-state index contributed by atoms with van der Waals surface area (Å²) in [4.78, 5) is 46.4. The van der Waals surface area contributed by atoms with E-state index in [4.69, 9.17) is 4.84 Å². The van der Waals surface area contributed by atoms with Gasteiger partial charge in [0, 0.05) is 19.2 Å². The molecule has 1 saturated heterocycles. The van der Waals surface area contributed by atoms with Gasteiger partial charge in [0.1, 0.15) is 12.2 Å². The fourth-order valence-electron chi connectivity index (χ4n) is 4.24. The zero-order chi connectivity index (χ0) is 24.0. The number of benzene rings is 2. The first-order valence-electron chi connectivity index (χ1n) is 10.3. The fourth-order valence-corrected chi connectivity index (χ4v) is 5.22. The van der Waals surface area contributed by atoms with Gasteiger partial charge in [-0.1, -0.05) is 16.6 Å². The van der Waals surface area contributed by atoms with Crippen molar-refractivity contribution in [2.75, 3.05) is 30.9 Å². The lowest BCUT2D eigenvalue weighted by Crippen LogP contribution is -2.63. The average molecular weight is 473 g/mol. The van der Waals surface area contributed by atoms with Crippen LogP contribution >= 0.6 is 0 Å². The molecule has 0 spiro atoms. The number of para-hydroxylation sites is 1. The normalized spacial score (nSPS) is 20.1. The van der Waals surface area contributed by atoms with Crippen LogP contribution in [0.1, 0.15) is 30.1 Å². The lowest BCUT2D eigenvalue weighted by Gasteiger charge is -2.48. The molecule has 2 aliphatic rings. The summed E-state index contributed by atoms with van der Waals surface area (Å²) in [5.74, 6) is -0.883. The van der Waals surface area contributed by atoms with Crippen molar-refractivity contribution in [1.82, 2.24) is 9.37 Å². The zero-order valence-electron chi connectivity index (χ0n) is 18.4. The molecule has 2 aliphatic heterocycles. The minimum atomic E-state index is -3.81. The molecule has 11 heteroatoms. The highest BCUT2D eigenvalue weighted by atomic mass is 32.2. The first-order chi connectivity index (χ1) is 15.6. The number of carbonyl (C=O) groups excluding carboxylic acids is 3. The predicted octanol–water partition coefficient (Wildman–Crippen LogP) is 1.81. The molecule has 2 aromatic carbocycles. The number of fused-ring (bicyclic) bond motifs is 3. The van der Waals surface area contributed by atoms with Crippen molar-refractivity contribution in [1.29, 1.82) is 0 Å². The maximum absolute atomic E-state index is 13.2. The topological polar surface area (TPSA) is 116 Å². The van der Waals surface area contributed by atoms with Crippen LogP contribution in [0, 0.1) is 0 Å². The smallest absolute Gasteiger partial charge is 0.264 e. The minimum Gasteiger partial charge on any atom is -0.325 e. The second-order valence-electron chi connectivity index (χ2n) is 8.02. The number of sulfonamides is 1. The zero-order valence-corrected chi connectivity index (χ0v) is 19.3. The van der Waals surface area contributed by atoms with Crippen molar-refractivity contribution in [3.8, 4) is 0 Å². The van der Waals surface area contributed by atoms with E-state index in [1.807, 2.05) is 0 Å². The van der Waals surface area contributed by atoms with E-state index in [0.29, 0.717) is 23.4 Å². The summed E-state index contributed by atoms with van der Waals surface area (Å²) in [6.45, 7) is 1.52. The molecule has 2 heterocycles. The first kappa shape index (κ1) is 22.9. The Hall–Kier alpha value is -3.28. The molecule has 0 saturated carbocycles. The van der Waals surface area contributed by atoms with Crippen LogP contribution in [0.4, 0.5) is 11.4 Å². The van der Waals surface area contributed by atoms with Gasteiger partial charge in [-0.05, 0) is 49.7 Å². The lowest BCUT2D eigenvalue weighted by atomic mass is 9.98. The van der Waals surface area contributed by atoms with Crippen molar-refractivity contribution < 1.29 is 27.6 Å². The van der Waals surface area contributed by atoms with E-state index in [-0.39, 0.29) is 29.7 Å². The van der Waals surface area contributed by atoms with E-state index < -0.39 is 21.6 Å². The minimum absolute atomic E-state index is 0.000264. The molecule has 1 unspecified atom stereocenters. The molecule has 3 amide bonds. The molecule has 1 atom stereocenters. The summed E-state index contributed by atoms with van der Waals surface area (Å²) < 4.78 is 25.3. The number of nitrogens with zero attached hydrogens (tertiary/aromatic N) is 3. The Kier molecular flexibility index (Phi) is 5.72. The monoisotopic (exact) mass is 472 g/mol. The Morgan fingerprint density at radius 2 is 1.82 bits per heavy atom. The largest absolute Gasteiger partial charge is 0.325 e. The third-order valence-electron chi connectivity index (χ3n) is 6.08. The predicted molar refractivity (Wildman–Crippen MR) is 120 cm³/mol. The van der Waals surface area contributed by atoms with Crippen molar-refractivity contribution in [2.45, 2.75) is 30.3 Å². The van der Waals surface area contributed by atoms with E-state index in [2.05, 4.69) is 5.32 Å². The summed E-state index contributed by atoms with van der Waals surface area (Å²) >= 11 is 0. The van der Waals surface area contributed by atoms with E-state index in [1.165, 1.54) is 43.3 Å². The summed E-state index contributed by atoms with van der Waals surface area (Å²) in [6, 6.07) is 12.5. The molecular weight excluding hydrogens is 448 g/mol. The molecule has 0 aliphatic carbocycles. The van der Waals surface area contributed by atoms with Gasteiger partial charge >= 0.3 is 0 Å². The van der Waals surface area contributed by atoms with E-state index in [0.717, 1.165) is 4.47 Å². The number of hydrogen-bond acceptors (Lipinski definition) is 6. The molecule has 0 bridgehead atoms. The number of nitrogens with one attached hydrogen (secondary N) is 1. The highest BCUT2D eigenvalue weighted by molar-refractivity contribution is 7.89. The Labute approximate surface area is 191 Å². The van der Waals surface area contributed by atoms with Gasteiger partial charge in [0.15, 0.2) is 0 Å². The number of hydrogen-bond donors (Lipinski definition) is 1. The van der Waals surface area contributed by atoms with Crippen molar-refractivity contribution >= 4 is 39.1 Å². The molecule has 0 radical (unpaired) electrons. The van der Waals surface area contributed by atoms with Crippen LogP contribution in [-0.2, 0) is 24.4 Å². The van der Waals surface area contributed by atoms with Crippen LogP contribution in [0.2, 0.25) is 0 Å². The quantitative estimate of drug-likeness (QED) is 0.641. The van der Waals surface area contributed by atoms with Gasteiger partial charge in [-0.2, -0.15) is 0 Å². The van der Waals surface area contributed by atoms with Gasteiger partial charge < -0.3 is 10.2 Å². The van der Waals surface area contributed by atoms with E-state index in [1.54, 1.807) is 36.1 Å². The molecule has 174 valence electrons. The Balaban J connectivity index is 1.54. The summed E-state index contributed by atoms with van der Waals surface area (Å²) in [5.41, 5.74) is 0.355. The highest BCUT2D eigenvalue weighted by Gasteiger charge is 2.53. The van der Waals surface area contributed by atoms with Crippen LogP contribution < -0.4 is 10.2 Å². The lowest BCUT2D eigenvalue weighted by molar-refractivity contribution is -0.120.